The predicted molar refractivity (Wildman–Crippen MR) is 126 cm³/mol. The van der Waals surface area contributed by atoms with Crippen molar-refractivity contribution in [3.63, 3.8) is 0 Å². The summed E-state index contributed by atoms with van der Waals surface area (Å²) in [5.41, 5.74) is 0.591. The molecular formula is C20H20N4O9S3. The third kappa shape index (κ3) is 5.73. The zero-order chi connectivity index (χ0) is 26.0. The first-order chi connectivity index (χ1) is 17.0. The summed E-state index contributed by atoms with van der Waals surface area (Å²) in [4.78, 5) is 38.3. The van der Waals surface area contributed by atoms with E-state index < -0.39 is 51.2 Å². The maximum Gasteiger partial charge on any atom is 0.352 e. The Morgan fingerprint density at radius 3 is 2.67 bits per heavy atom. The molecule has 36 heavy (non-hydrogen) atoms. The number of aromatic nitrogens is 2. The molecule has 1 saturated heterocycles. The molecule has 1 fully saturated rings. The van der Waals surface area contributed by atoms with Gasteiger partial charge < -0.3 is 19.9 Å². The number of hydrogen-bond donors (Lipinski definition) is 4. The number of carboxylic acid groups (broad SMARTS) is 1. The van der Waals surface area contributed by atoms with Crippen LogP contribution >= 0.6 is 23.5 Å². The van der Waals surface area contributed by atoms with Gasteiger partial charge in [-0.1, -0.05) is 42.1 Å². The van der Waals surface area contributed by atoms with Crippen LogP contribution in [0.1, 0.15) is 17.6 Å². The van der Waals surface area contributed by atoms with Gasteiger partial charge in [0.1, 0.15) is 17.1 Å². The number of carboxylic acids is 1. The number of carbonyl (C=O) groups excluding carboxylic acids is 2. The number of hydrogen-bond acceptors (Lipinski definition) is 11. The SMILES string of the molecule is O=C(O)C1=C(CSc2nnc(CCS(=O)(=O)O)o2)CS[C@@H]2C(NC(=O)[C@H](O)c3ccccc3)C(=O)N12. The minimum Gasteiger partial charge on any atom is -0.477 e. The number of β-lactam (4-membered cyclic amide) rings is 1. The molecule has 0 radical (unpaired) electrons. The van der Waals surface area contributed by atoms with E-state index in [-0.39, 0.29) is 34.7 Å². The van der Waals surface area contributed by atoms with Crippen LogP contribution < -0.4 is 5.32 Å². The molecule has 1 unspecified atom stereocenters. The topological polar surface area (TPSA) is 200 Å². The lowest BCUT2D eigenvalue weighted by Gasteiger charge is -2.49. The van der Waals surface area contributed by atoms with Crippen molar-refractivity contribution in [3.05, 3.63) is 53.1 Å². The monoisotopic (exact) mass is 556 g/mol. The minimum atomic E-state index is -4.19. The average Bonchev–Trinajstić information content (AvgIpc) is 3.31. The summed E-state index contributed by atoms with van der Waals surface area (Å²) < 4.78 is 35.8. The lowest BCUT2D eigenvalue weighted by molar-refractivity contribution is -0.151. The Labute approximate surface area is 213 Å². The van der Waals surface area contributed by atoms with Crippen molar-refractivity contribution in [2.45, 2.75) is 29.2 Å². The molecule has 0 bridgehead atoms. The summed E-state index contributed by atoms with van der Waals surface area (Å²) in [6.07, 6.45) is -1.65. The zero-order valence-corrected chi connectivity index (χ0v) is 20.8. The van der Waals surface area contributed by atoms with Gasteiger partial charge in [-0.25, -0.2) is 4.79 Å². The second-order valence-electron chi connectivity index (χ2n) is 7.75. The summed E-state index contributed by atoms with van der Waals surface area (Å²) in [7, 11) is -4.19. The Morgan fingerprint density at radius 1 is 1.28 bits per heavy atom. The number of aryl methyl sites for hydroxylation is 1. The van der Waals surface area contributed by atoms with Crippen LogP contribution in [0.25, 0.3) is 0 Å². The Kier molecular flexibility index (Phi) is 7.70. The molecule has 192 valence electrons. The van der Waals surface area contributed by atoms with E-state index in [0.717, 1.165) is 16.7 Å². The molecule has 4 N–H and O–H groups in total. The number of benzene rings is 1. The van der Waals surface area contributed by atoms with Gasteiger partial charge in [0.25, 0.3) is 27.2 Å². The Bertz CT molecular complexity index is 1310. The Balaban J connectivity index is 1.40. The van der Waals surface area contributed by atoms with E-state index in [1.165, 1.54) is 11.8 Å². The van der Waals surface area contributed by atoms with Crippen LogP contribution in [-0.2, 0) is 30.9 Å². The highest BCUT2D eigenvalue weighted by atomic mass is 32.2. The van der Waals surface area contributed by atoms with Crippen LogP contribution in [-0.4, -0.2) is 84.7 Å². The van der Waals surface area contributed by atoms with Gasteiger partial charge >= 0.3 is 5.97 Å². The fourth-order valence-electron chi connectivity index (χ4n) is 3.58. The highest BCUT2D eigenvalue weighted by Crippen LogP contribution is 2.41. The van der Waals surface area contributed by atoms with Crippen molar-refractivity contribution in [2.75, 3.05) is 17.3 Å². The van der Waals surface area contributed by atoms with Gasteiger partial charge in [0.05, 0.1) is 5.75 Å². The molecule has 13 nitrogen and oxygen atoms in total. The molecule has 0 spiro atoms. The maximum absolute atomic E-state index is 12.8. The predicted octanol–water partition coefficient (Wildman–Crippen LogP) is 0.0642. The average molecular weight is 557 g/mol. The molecule has 2 aromatic rings. The first-order valence-corrected chi connectivity index (χ1v) is 14.0. The van der Waals surface area contributed by atoms with E-state index in [4.69, 9.17) is 8.97 Å². The number of carbonyl (C=O) groups is 3. The number of fused-ring (bicyclic) bond motifs is 1. The van der Waals surface area contributed by atoms with Crippen LogP contribution in [0.5, 0.6) is 0 Å². The van der Waals surface area contributed by atoms with Crippen LogP contribution in [0.15, 0.2) is 51.2 Å². The normalized spacial score (nSPS) is 20.5. The minimum absolute atomic E-state index is 0.00478. The second-order valence-corrected chi connectivity index (χ2v) is 11.4. The van der Waals surface area contributed by atoms with Crippen LogP contribution in [0.3, 0.4) is 0 Å². The third-order valence-corrected chi connectivity index (χ3v) is 8.27. The molecule has 3 heterocycles. The number of rotatable bonds is 10. The number of nitrogens with one attached hydrogen (secondary N) is 1. The molecule has 3 atom stereocenters. The summed E-state index contributed by atoms with van der Waals surface area (Å²) >= 11 is 2.28. The van der Waals surface area contributed by atoms with Crippen molar-refractivity contribution in [2.24, 2.45) is 0 Å². The van der Waals surface area contributed by atoms with Crippen molar-refractivity contribution >= 4 is 51.4 Å². The quantitative estimate of drug-likeness (QED) is 0.174. The van der Waals surface area contributed by atoms with Crippen molar-refractivity contribution in [3.8, 4) is 0 Å². The lowest BCUT2D eigenvalue weighted by Crippen LogP contribution is -2.70. The zero-order valence-electron chi connectivity index (χ0n) is 18.3. The molecule has 1 aromatic carbocycles. The number of aliphatic hydroxyl groups is 1. The highest BCUT2D eigenvalue weighted by molar-refractivity contribution is 8.01. The van der Waals surface area contributed by atoms with E-state index in [9.17, 15) is 33.0 Å². The van der Waals surface area contributed by atoms with Crippen molar-refractivity contribution < 1.29 is 42.0 Å². The number of amides is 2. The van der Waals surface area contributed by atoms with Gasteiger partial charge in [0, 0.05) is 17.9 Å². The summed E-state index contributed by atoms with van der Waals surface area (Å²) in [5, 5.41) is 29.4. The Hall–Kier alpha value is -2.92. The number of nitrogens with zero attached hydrogens (tertiary/aromatic N) is 3. The largest absolute Gasteiger partial charge is 0.477 e. The van der Waals surface area contributed by atoms with E-state index in [1.54, 1.807) is 30.3 Å². The van der Waals surface area contributed by atoms with Crippen molar-refractivity contribution in [1.82, 2.24) is 20.4 Å². The molecule has 4 rings (SSSR count). The molecule has 16 heteroatoms. The summed E-state index contributed by atoms with van der Waals surface area (Å²) in [6, 6.07) is 7.23. The summed E-state index contributed by atoms with van der Waals surface area (Å²) in [6.45, 7) is 0. The molecule has 2 aliphatic rings. The standard InChI is InChI=1S/C20H20N4O9S3/c25-15(10-4-2-1-3-5-10)16(26)21-13-17(27)24-14(19(28)29)11(8-34-18(13)24)9-35-20-23-22-12(33-20)6-7-36(30,31)32/h1-5,13,15,18,25H,6-9H2,(H,21,26)(H,28,29)(H,30,31,32)/t13?,15-,18-/m1/s1. The fraction of sp³-hybridized carbons (Fsp3) is 0.350. The van der Waals surface area contributed by atoms with Gasteiger partial charge in [-0.05, 0) is 11.1 Å². The van der Waals surface area contributed by atoms with E-state index in [0.29, 0.717) is 11.1 Å². The summed E-state index contributed by atoms with van der Waals surface area (Å²) in [5.74, 6) is -2.90. The van der Waals surface area contributed by atoms with E-state index >= 15 is 0 Å². The lowest BCUT2D eigenvalue weighted by atomic mass is 10.0. The number of thioether (sulfide) groups is 2. The molecule has 0 aliphatic carbocycles. The van der Waals surface area contributed by atoms with Gasteiger partial charge in [-0.2, -0.15) is 8.42 Å². The number of aliphatic carboxylic acids is 1. The molecule has 0 saturated carbocycles. The third-order valence-electron chi connectivity index (χ3n) is 5.30. The van der Waals surface area contributed by atoms with Gasteiger partial charge in [-0.3, -0.25) is 19.0 Å². The molecule has 2 aliphatic heterocycles. The fourth-order valence-corrected chi connectivity index (χ4v) is 6.27. The Morgan fingerprint density at radius 2 is 2.00 bits per heavy atom. The van der Waals surface area contributed by atoms with Gasteiger partial charge in [0.2, 0.25) is 5.89 Å². The van der Waals surface area contributed by atoms with Crippen LogP contribution in [0, 0.1) is 0 Å². The number of aliphatic hydroxyl groups excluding tert-OH is 1. The molecular weight excluding hydrogens is 536 g/mol. The van der Waals surface area contributed by atoms with Gasteiger partial charge in [-0.15, -0.1) is 22.0 Å². The second kappa shape index (κ2) is 10.6. The van der Waals surface area contributed by atoms with Crippen molar-refractivity contribution in [1.29, 1.82) is 0 Å². The first kappa shape index (κ1) is 26.2. The molecule has 2 amide bonds. The van der Waals surface area contributed by atoms with Gasteiger partial charge in [0.15, 0.2) is 6.10 Å². The van der Waals surface area contributed by atoms with E-state index in [1.807, 2.05) is 0 Å². The van der Waals surface area contributed by atoms with Crippen LogP contribution in [0.4, 0.5) is 0 Å². The first-order valence-electron chi connectivity index (χ1n) is 10.4. The molecule has 1 aromatic heterocycles. The van der Waals surface area contributed by atoms with Crippen LogP contribution in [0.2, 0.25) is 0 Å². The maximum atomic E-state index is 12.8. The van der Waals surface area contributed by atoms with E-state index in [2.05, 4.69) is 15.5 Å². The smallest absolute Gasteiger partial charge is 0.352 e. The highest BCUT2D eigenvalue weighted by Gasteiger charge is 2.54.